The maximum absolute atomic E-state index is 11.6. The van der Waals surface area contributed by atoms with Crippen LogP contribution >= 0.6 is 0 Å². The Morgan fingerprint density at radius 3 is 2.69 bits per heavy atom. The van der Waals surface area contributed by atoms with Crippen LogP contribution in [0.2, 0.25) is 0 Å². The average molecular weight is 232 g/mol. The average Bonchev–Trinajstić information content (AvgIpc) is 2.18. The van der Waals surface area contributed by atoms with Crippen molar-refractivity contribution in [1.29, 1.82) is 0 Å². The zero-order valence-electron chi connectivity index (χ0n) is 10.2. The third kappa shape index (κ3) is 7.62. The number of carbonyl (C=O) groups is 1. The summed E-state index contributed by atoms with van der Waals surface area (Å²) in [7, 11) is 1.57. The molecule has 0 rings (SSSR count). The molecule has 0 aromatic carbocycles. The molecule has 0 aromatic rings. The van der Waals surface area contributed by atoms with E-state index in [1.807, 2.05) is 6.92 Å². The standard InChI is InChI=1S/C11H24N2O3/c1-3-4-9(12)7-11(15)13-10(5-6-14)8-16-2/h9-10,14H,3-8,12H2,1-2H3,(H,13,15). The highest BCUT2D eigenvalue weighted by molar-refractivity contribution is 5.76. The van der Waals surface area contributed by atoms with E-state index < -0.39 is 0 Å². The molecule has 96 valence electrons. The van der Waals surface area contributed by atoms with Gasteiger partial charge in [0.1, 0.15) is 0 Å². The summed E-state index contributed by atoms with van der Waals surface area (Å²) in [6.07, 6.45) is 2.66. The van der Waals surface area contributed by atoms with Crippen molar-refractivity contribution in [2.75, 3.05) is 20.3 Å². The first-order chi connectivity index (χ1) is 7.63. The molecule has 0 aliphatic rings. The Morgan fingerprint density at radius 2 is 2.19 bits per heavy atom. The summed E-state index contributed by atoms with van der Waals surface area (Å²) in [6.45, 7) is 2.49. The summed E-state index contributed by atoms with van der Waals surface area (Å²) in [5.41, 5.74) is 5.77. The number of methoxy groups -OCH3 is 1. The van der Waals surface area contributed by atoms with Gasteiger partial charge in [-0.2, -0.15) is 0 Å². The third-order valence-corrected chi connectivity index (χ3v) is 2.32. The monoisotopic (exact) mass is 232 g/mol. The first kappa shape index (κ1) is 15.3. The molecule has 2 atom stereocenters. The molecule has 1 amide bonds. The molecule has 4 N–H and O–H groups in total. The minimum absolute atomic E-state index is 0.0370. The van der Waals surface area contributed by atoms with Gasteiger partial charge < -0.3 is 20.9 Å². The quantitative estimate of drug-likeness (QED) is 0.523. The molecule has 0 aliphatic carbocycles. The summed E-state index contributed by atoms with van der Waals surface area (Å²) in [5, 5.41) is 11.6. The van der Waals surface area contributed by atoms with E-state index in [1.165, 1.54) is 0 Å². The van der Waals surface area contributed by atoms with Crippen molar-refractivity contribution in [3.05, 3.63) is 0 Å². The van der Waals surface area contributed by atoms with Gasteiger partial charge in [-0.3, -0.25) is 4.79 Å². The van der Waals surface area contributed by atoms with E-state index in [0.29, 0.717) is 19.4 Å². The molecule has 0 spiro atoms. The SMILES string of the molecule is CCCC(N)CC(=O)NC(CCO)COC. The zero-order valence-corrected chi connectivity index (χ0v) is 10.2. The van der Waals surface area contributed by atoms with Gasteiger partial charge in [-0.25, -0.2) is 0 Å². The number of nitrogens with one attached hydrogen (secondary N) is 1. The van der Waals surface area contributed by atoms with Crippen LogP contribution < -0.4 is 11.1 Å². The second-order valence-corrected chi connectivity index (χ2v) is 3.98. The molecule has 0 heterocycles. The molecule has 0 aliphatic heterocycles. The van der Waals surface area contributed by atoms with Crippen LogP contribution in [0.4, 0.5) is 0 Å². The number of hydrogen-bond acceptors (Lipinski definition) is 4. The van der Waals surface area contributed by atoms with Crippen LogP contribution in [0.25, 0.3) is 0 Å². The summed E-state index contributed by atoms with van der Waals surface area (Å²) in [4.78, 5) is 11.6. The van der Waals surface area contributed by atoms with Crippen LogP contribution in [0.1, 0.15) is 32.6 Å². The van der Waals surface area contributed by atoms with Crippen LogP contribution in [-0.4, -0.2) is 43.4 Å². The molecule has 0 radical (unpaired) electrons. The molecule has 2 unspecified atom stereocenters. The molecule has 0 bridgehead atoms. The number of rotatable bonds is 9. The van der Waals surface area contributed by atoms with Crippen molar-refractivity contribution >= 4 is 5.91 Å². The van der Waals surface area contributed by atoms with E-state index in [4.69, 9.17) is 15.6 Å². The van der Waals surface area contributed by atoms with Gasteiger partial charge in [-0.1, -0.05) is 13.3 Å². The highest BCUT2D eigenvalue weighted by Crippen LogP contribution is 2.00. The Hall–Kier alpha value is -0.650. The molecule has 5 nitrogen and oxygen atoms in total. The predicted molar refractivity (Wildman–Crippen MR) is 63.0 cm³/mol. The fourth-order valence-electron chi connectivity index (χ4n) is 1.55. The smallest absolute Gasteiger partial charge is 0.221 e. The normalized spacial score (nSPS) is 14.5. The summed E-state index contributed by atoms with van der Waals surface area (Å²) >= 11 is 0. The number of aliphatic hydroxyl groups excluding tert-OH is 1. The van der Waals surface area contributed by atoms with Crippen LogP contribution in [-0.2, 0) is 9.53 Å². The fourth-order valence-corrected chi connectivity index (χ4v) is 1.55. The third-order valence-electron chi connectivity index (χ3n) is 2.32. The number of aliphatic hydroxyl groups is 1. The van der Waals surface area contributed by atoms with Crippen LogP contribution in [0.5, 0.6) is 0 Å². The summed E-state index contributed by atoms with van der Waals surface area (Å²) in [6, 6.07) is -0.210. The number of amides is 1. The first-order valence-electron chi connectivity index (χ1n) is 5.78. The van der Waals surface area contributed by atoms with Crippen molar-refractivity contribution in [1.82, 2.24) is 5.32 Å². The van der Waals surface area contributed by atoms with Crippen LogP contribution in [0, 0.1) is 0 Å². The molecular formula is C11H24N2O3. The van der Waals surface area contributed by atoms with Gasteiger partial charge in [-0.15, -0.1) is 0 Å². The lowest BCUT2D eigenvalue weighted by molar-refractivity contribution is -0.122. The Morgan fingerprint density at radius 1 is 1.50 bits per heavy atom. The van der Waals surface area contributed by atoms with Gasteiger partial charge in [0.25, 0.3) is 0 Å². The van der Waals surface area contributed by atoms with Crippen LogP contribution in [0.15, 0.2) is 0 Å². The van der Waals surface area contributed by atoms with Crippen LogP contribution in [0.3, 0.4) is 0 Å². The van der Waals surface area contributed by atoms with Gasteiger partial charge in [-0.05, 0) is 12.8 Å². The van der Waals surface area contributed by atoms with E-state index >= 15 is 0 Å². The topological polar surface area (TPSA) is 84.6 Å². The number of hydrogen-bond donors (Lipinski definition) is 3. The second kappa shape index (κ2) is 9.57. The Kier molecular flexibility index (Phi) is 9.18. The maximum Gasteiger partial charge on any atom is 0.221 e. The Balaban J connectivity index is 3.88. The van der Waals surface area contributed by atoms with Gasteiger partial charge in [0.2, 0.25) is 5.91 Å². The lowest BCUT2D eigenvalue weighted by Gasteiger charge is -2.18. The van der Waals surface area contributed by atoms with Gasteiger partial charge in [0.05, 0.1) is 12.6 Å². The fraction of sp³-hybridized carbons (Fsp3) is 0.909. The van der Waals surface area contributed by atoms with Gasteiger partial charge in [0, 0.05) is 26.2 Å². The van der Waals surface area contributed by atoms with Gasteiger partial charge >= 0.3 is 0 Å². The van der Waals surface area contributed by atoms with E-state index in [1.54, 1.807) is 7.11 Å². The number of nitrogens with two attached hydrogens (primary N) is 1. The van der Waals surface area contributed by atoms with Crippen molar-refractivity contribution in [2.45, 2.75) is 44.7 Å². The van der Waals surface area contributed by atoms with E-state index in [9.17, 15) is 4.79 Å². The minimum atomic E-state index is -0.128. The van der Waals surface area contributed by atoms with Crippen molar-refractivity contribution in [3.63, 3.8) is 0 Å². The summed E-state index contributed by atoms with van der Waals surface area (Å²) < 4.78 is 4.95. The number of carbonyl (C=O) groups excluding carboxylic acids is 1. The van der Waals surface area contributed by atoms with E-state index in [-0.39, 0.29) is 24.6 Å². The van der Waals surface area contributed by atoms with Gasteiger partial charge in [0.15, 0.2) is 0 Å². The number of ether oxygens (including phenoxy) is 1. The van der Waals surface area contributed by atoms with E-state index in [2.05, 4.69) is 5.32 Å². The molecule has 0 saturated carbocycles. The van der Waals surface area contributed by atoms with E-state index in [0.717, 1.165) is 12.8 Å². The highest BCUT2D eigenvalue weighted by Gasteiger charge is 2.14. The largest absolute Gasteiger partial charge is 0.396 e. The van der Waals surface area contributed by atoms with Crippen molar-refractivity contribution in [3.8, 4) is 0 Å². The highest BCUT2D eigenvalue weighted by atomic mass is 16.5. The molecule has 0 fully saturated rings. The lowest BCUT2D eigenvalue weighted by Crippen LogP contribution is -2.41. The maximum atomic E-state index is 11.6. The van der Waals surface area contributed by atoms with Crippen molar-refractivity contribution in [2.24, 2.45) is 5.73 Å². The minimum Gasteiger partial charge on any atom is -0.396 e. The molecule has 16 heavy (non-hydrogen) atoms. The molecule has 0 aromatic heterocycles. The summed E-state index contributed by atoms with van der Waals surface area (Å²) in [5.74, 6) is -0.0727. The molecule has 5 heteroatoms. The zero-order chi connectivity index (χ0) is 12.4. The van der Waals surface area contributed by atoms with Crippen molar-refractivity contribution < 1.29 is 14.6 Å². The Bertz CT molecular complexity index is 182. The predicted octanol–water partition coefficient (Wildman–Crippen LogP) is 0.0175. The molecular weight excluding hydrogens is 208 g/mol. The lowest BCUT2D eigenvalue weighted by atomic mass is 10.1. The first-order valence-corrected chi connectivity index (χ1v) is 5.78. The Labute approximate surface area is 97.3 Å². The molecule has 0 saturated heterocycles. The second-order valence-electron chi connectivity index (χ2n) is 3.98.